The van der Waals surface area contributed by atoms with Crippen LogP contribution in [0.1, 0.15) is 17.3 Å². The van der Waals surface area contributed by atoms with E-state index in [2.05, 4.69) is 10.2 Å². The predicted octanol–water partition coefficient (Wildman–Crippen LogP) is 6.88. The number of carboxylic acid groups (broad SMARTS) is 1. The number of hydrogen-bond donors (Lipinski definition) is 1. The fraction of sp³-hybridized carbons (Fsp3) is 0.111. The summed E-state index contributed by atoms with van der Waals surface area (Å²) >= 11 is 9.69. The smallest absolute Gasteiger partial charge is 0.300 e. The van der Waals surface area contributed by atoms with Crippen molar-refractivity contribution >= 4 is 56.5 Å². The van der Waals surface area contributed by atoms with E-state index in [0.717, 1.165) is 33.3 Å². The monoisotopic (exact) mass is 551 g/mol. The van der Waals surface area contributed by atoms with Crippen LogP contribution in [0.2, 0.25) is 5.02 Å². The number of nitrogens with zero attached hydrogens (tertiary/aromatic N) is 3. The summed E-state index contributed by atoms with van der Waals surface area (Å²) in [6.45, 7) is 1.08. The van der Waals surface area contributed by atoms with Gasteiger partial charge in [-0.2, -0.15) is 0 Å². The average molecular weight is 552 g/mol. The second kappa shape index (κ2) is 12.1. The topological polar surface area (TPSA) is 94.3 Å². The number of benzene rings is 3. The maximum Gasteiger partial charge on any atom is 0.300 e. The molecule has 5 rings (SSSR count). The van der Waals surface area contributed by atoms with Crippen LogP contribution in [-0.2, 0) is 4.79 Å². The maximum absolute atomic E-state index is 12.7. The van der Waals surface area contributed by atoms with Gasteiger partial charge in [-0.25, -0.2) is 0 Å². The summed E-state index contributed by atoms with van der Waals surface area (Å²) in [5, 5.41) is 18.6. The van der Waals surface area contributed by atoms with Crippen molar-refractivity contribution in [2.75, 3.05) is 12.9 Å². The highest BCUT2D eigenvalue weighted by molar-refractivity contribution is 7.99. The van der Waals surface area contributed by atoms with E-state index in [1.807, 2.05) is 83.4 Å². The van der Waals surface area contributed by atoms with Gasteiger partial charge in [-0.15, -0.1) is 21.5 Å². The predicted molar refractivity (Wildman–Crippen MR) is 149 cm³/mol. The highest BCUT2D eigenvalue weighted by Crippen LogP contribution is 2.42. The van der Waals surface area contributed by atoms with Crippen LogP contribution in [0, 0.1) is 0 Å². The molecular weight excluding hydrogens is 530 g/mol. The van der Waals surface area contributed by atoms with Crippen LogP contribution < -0.4 is 4.74 Å². The van der Waals surface area contributed by atoms with Gasteiger partial charge in [-0.3, -0.25) is 14.2 Å². The average Bonchev–Trinajstić information content (AvgIpc) is 3.48. The molecular formula is C27H22ClN3O4S2. The SMILES string of the molecule is CC(=O)O.COc1ccc(-n2c(SCC(=O)c3ccccc3)nnc2-c2sc3ccccc3c2Cl)cc1. The molecule has 0 saturated heterocycles. The zero-order valence-electron chi connectivity index (χ0n) is 19.9. The van der Waals surface area contributed by atoms with Gasteiger partial charge in [0.1, 0.15) is 5.75 Å². The Morgan fingerprint density at radius 2 is 1.65 bits per heavy atom. The Bertz CT molecular complexity index is 1530. The molecule has 2 aromatic heterocycles. The second-order valence-electron chi connectivity index (χ2n) is 7.68. The van der Waals surface area contributed by atoms with Gasteiger partial charge in [0.05, 0.1) is 28.4 Å². The lowest BCUT2D eigenvalue weighted by Gasteiger charge is -2.10. The Morgan fingerprint density at radius 3 is 2.30 bits per heavy atom. The molecule has 0 aliphatic carbocycles. The summed E-state index contributed by atoms with van der Waals surface area (Å²) in [5.74, 6) is 0.840. The van der Waals surface area contributed by atoms with Crippen molar-refractivity contribution in [2.45, 2.75) is 12.1 Å². The van der Waals surface area contributed by atoms with Crippen molar-refractivity contribution < 1.29 is 19.4 Å². The Hall–Kier alpha value is -3.66. The molecule has 37 heavy (non-hydrogen) atoms. The summed E-state index contributed by atoms with van der Waals surface area (Å²) in [4.78, 5) is 22.5. The Labute approximate surface area is 226 Å². The Kier molecular flexibility index (Phi) is 8.60. The van der Waals surface area contributed by atoms with E-state index in [-0.39, 0.29) is 11.5 Å². The largest absolute Gasteiger partial charge is 0.497 e. The van der Waals surface area contributed by atoms with Gasteiger partial charge >= 0.3 is 0 Å². The number of thiophene rings is 1. The second-order valence-corrected chi connectivity index (χ2v) is 10.1. The number of carboxylic acids is 1. The normalized spacial score (nSPS) is 10.6. The minimum Gasteiger partial charge on any atom is -0.497 e. The lowest BCUT2D eigenvalue weighted by Crippen LogP contribution is -2.04. The number of aromatic nitrogens is 3. The van der Waals surface area contributed by atoms with Crippen molar-refractivity contribution in [3.05, 3.63) is 89.4 Å². The van der Waals surface area contributed by atoms with Crippen LogP contribution in [0.15, 0.2) is 84.0 Å². The van der Waals surface area contributed by atoms with Crippen LogP contribution in [0.5, 0.6) is 5.75 Å². The van der Waals surface area contributed by atoms with Gasteiger partial charge < -0.3 is 9.84 Å². The summed E-state index contributed by atoms with van der Waals surface area (Å²) < 4.78 is 8.33. The van der Waals surface area contributed by atoms with Crippen LogP contribution in [0.25, 0.3) is 26.5 Å². The van der Waals surface area contributed by atoms with Crippen molar-refractivity contribution in [3.8, 4) is 22.1 Å². The van der Waals surface area contributed by atoms with Crippen molar-refractivity contribution in [1.82, 2.24) is 14.8 Å². The summed E-state index contributed by atoms with van der Waals surface area (Å²) in [7, 11) is 1.63. The standard InChI is InChI=1S/C25H18ClN3O2S2.C2H4O2/c1-31-18-13-11-17(12-14-18)29-24(23-22(26)19-9-5-6-10-21(19)33-23)27-28-25(29)32-15-20(30)16-7-3-2-4-8-16;1-2(3)4/h2-14H,15H2,1H3;1H3,(H,3,4). The van der Waals surface area contributed by atoms with Crippen molar-refractivity contribution in [3.63, 3.8) is 0 Å². The van der Waals surface area contributed by atoms with Gasteiger partial charge in [0, 0.05) is 22.6 Å². The number of ketones is 1. The van der Waals surface area contributed by atoms with Gasteiger partial charge in [0.15, 0.2) is 16.8 Å². The zero-order valence-corrected chi connectivity index (χ0v) is 22.3. The number of halogens is 1. The van der Waals surface area contributed by atoms with Crippen molar-refractivity contribution in [2.24, 2.45) is 0 Å². The van der Waals surface area contributed by atoms with E-state index >= 15 is 0 Å². The molecule has 0 atom stereocenters. The van der Waals surface area contributed by atoms with Crippen LogP contribution in [0.4, 0.5) is 0 Å². The molecule has 10 heteroatoms. The molecule has 188 valence electrons. The van der Waals surface area contributed by atoms with E-state index < -0.39 is 5.97 Å². The third-order valence-corrected chi connectivity index (χ3v) is 7.73. The van der Waals surface area contributed by atoms with Crippen LogP contribution >= 0.6 is 34.7 Å². The number of hydrogen-bond acceptors (Lipinski definition) is 7. The van der Waals surface area contributed by atoms with E-state index in [1.165, 1.54) is 11.8 Å². The number of Topliss-reactive ketones (excluding diaryl/α,β-unsaturated/α-hetero) is 1. The Morgan fingerprint density at radius 1 is 1.00 bits per heavy atom. The maximum atomic E-state index is 12.7. The van der Waals surface area contributed by atoms with Crippen molar-refractivity contribution in [1.29, 1.82) is 0 Å². The fourth-order valence-electron chi connectivity index (χ4n) is 3.47. The minimum atomic E-state index is -0.833. The molecule has 0 radical (unpaired) electrons. The minimum absolute atomic E-state index is 0.0336. The molecule has 0 aliphatic heterocycles. The molecule has 0 amide bonds. The molecule has 0 aliphatic rings. The molecule has 0 spiro atoms. The highest BCUT2D eigenvalue weighted by atomic mass is 35.5. The lowest BCUT2D eigenvalue weighted by atomic mass is 10.2. The molecule has 2 heterocycles. The number of methoxy groups -OCH3 is 1. The van der Waals surface area contributed by atoms with E-state index in [4.69, 9.17) is 26.2 Å². The number of carbonyl (C=O) groups excluding carboxylic acids is 1. The lowest BCUT2D eigenvalue weighted by molar-refractivity contribution is -0.134. The third-order valence-electron chi connectivity index (χ3n) is 5.13. The molecule has 0 bridgehead atoms. The first kappa shape index (κ1) is 26.4. The number of fused-ring (bicyclic) bond motifs is 1. The molecule has 0 saturated carbocycles. The summed E-state index contributed by atoms with van der Waals surface area (Å²) in [6, 6.07) is 24.9. The summed E-state index contributed by atoms with van der Waals surface area (Å²) in [6.07, 6.45) is 0. The molecule has 5 aromatic rings. The quantitative estimate of drug-likeness (QED) is 0.174. The van der Waals surface area contributed by atoms with Gasteiger partial charge in [0.2, 0.25) is 0 Å². The first-order valence-electron chi connectivity index (χ1n) is 11.1. The van der Waals surface area contributed by atoms with Gasteiger partial charge in [-0.05, 0) is 30.3 Å². The molecule has 0 unspecified atom stereocenters. The molecule has 3 aromatic carbocycles. The molecule has 7 nitrogen and oxygen atoms in total. The first-order chi connectivity index (χ1) is 17.9. The molecule has 0 fully saturated rings. The highest BCUT2D eigenvalue weighted by Gasteiger charge is 2.22. The van der Waals surface area contributed by atoms with Crippen LogP contribution in [0.3, 0.4) is 0 Å². The van der Waals surface area contributed by atoms with Crippen LogP contribution in [-0.4, -0.2) is 44.5 Å². The number of rotatable bonds is 7. The van der Waals surface area contributed by atoms with E-state index in [0.29, 0.717) is 21.6 Å². The van der Waals surface area contributed by atoms with Gasteiger partial charge in [0.25, 0.3) is 5.97 Å². The molecule has 1 N–H and O–H groups in total. The Balaban J connectivity index is 0.000000747. The third kappa shape index (κ3) is 6.19. The van der Waals surface area contributed by atoms with E-state index in [9.17, 15) is 4.79 Å². The number of thioether (sulfide) groups is 1. The number of carbonyl (C=O) groups is 2. The summed E-state index contributed by atoms with van der Waals surface area (Å²) in [5.41, 5.74) is 1.53. The number of aliphatic carboxylic acids is 1. The number of ether oxygens (including phenoxy) is 1. The first-order valence-corrected chi connectivity index (χ1v) is 13.2. The fourth-order valence-corrected chi connectivity index (χ4v) is 5.81. The van der Waals surface area contributed by atoms with Gasteiger partial charge in [-0.1, -0.05) is 71.9 Å². The van der Waals surface area contributed by atoms with E-state index in [1.54, 1.807) is 18.4 Å². The zero-order chi connectivity index (χ0) is 26.4.